The summed E-state index contributed by atoms with van der Waals surface area (Å²) < 4.78 is 0. The molecule has 1 fully saturated rings. The largest absolute Gasteiger partial charge is 0.327 e. The highest BCUT2D eigenvalue weighted by Gasteiger charge is 2.41. The minimum atomic E-state index is 0.373. The Morgan fingerprint density at radius 2 is 1.94 bits per heavy atom. The minimum absolute atomic E-state index is 0.373. The van der Waals surface area contributed by atoms with Crippen molar-refractivity contribution in [2.75, 3.05) is 13.6 Å². The van der Waals surface area contributed by atoms with Crippen LogP contribution in [0.4, 0.5) is 0 Å². The monoisotopic (exact) mass is 254 g/mol. The summed E-state index contributed by atoms with van der Waals surface area (Å²) in [6, 6.07) is 1.10. The molecule has 1 aliphatic rings. The average Bonchev–Trinajstić information content (AvgIpc) is 2.30. The second kappa shape index (κ2) is 6.38. The predicted molar refractivity (Wildman–Crippen MR) is 80.6 cm³/mol. The van der Waals surface area contributed by atoms with Gasteiger partial charge in [0.25, 0.3) is 0 Å². The first kappa shape index (κ1) is 16.0. The average molecular weight is 254 g/mol. The van der Waals surface area contributed by atoms with Crippen LogP contribution in [0, 0.1) is 17.3 Å². The molecule has 4 unspecified atom stereocenters. The predicted octanol–water partition coefficient (Wildman–Crippen LogP) is 3.51. The molecule has 0 amide bonds. The molecule has 1 rings (SSSR count). The molecule has 0 heterocycles. The van der Waals surface area contributed by atoms with Gasteiger partial charge in [0, 0.05) is 18.6 Å². The van der Waals surface area contributed by atoms with Gasteiger partial charge in [-0.2, -0.15) is 0 Å². The fourth-order valence-corrected chi connectivity index (χ4v) is 3.43. The molecule has 0 radical (unpaired) electrons. The van der Waals surface area contributed by atoms with Crippen molar-refractivity contribution in [3.8, 4) is 0 Å². The van der Waals surface area contributed by atoms with Crippen molar-refractivity contribution in [2.45, 2.75) is 72.4 Å². The molecule has 1 saturated carbocycles. The van der Waals surface area contributed by atoms with Crippen LogP contribution in [0.3, 0.4) is 0 Å². The summed E-state index contributed by atoms with van der Waals surface area (Å²) in [6.07, 6.45) is 5.08. The third-order valence-electron chi connectivity index (χ3n) is 5.68. The van der Waals surface area contributed by atoms with E-state index < -0.39 is 0 Å². The second-order valence-corrected chi connectivity index (χ2v) is 7.13. The Morgan fingerprint density at radius 3 is 2.50 bits per heavy atom. The zero-order chi connectivity index (χ0) is 13.9. The van der Waals surface area contributed by atoms with Crippen LogP contribution in [0.1, 0.15) is 60.3 Å². The maximum absolute atomic E-state index is 6.24. The molecule has 2 heteroatoms. The molecule has 18 heavy (non-hydrogen) atoms. The molecule has 2 nitrogen and oxygen atoms in total. The Balaban J connectivity index is 2.61. The van der Waals surface area contributed by atoms with Crippen LogP contribution in [0.25, 0.3) is 0 Å². The molecule has 1 aliphatic carbocycles. The summed E-state index contributed by atoms with van der Waals surface area (Å²) in [5.74, 6) is 1.42. The van der Waals surface area contributed by atoms with Gasteiger partial charge in [0.05, 0.1) is 0 Å². The molecule has 0 spiro atoms. The fraction of sp³-hybridized carbons (Fsp3) is 1.00. The molecule has 0 aromatic rings. The highest BCUT2D eigenvalue weighted by atomic mass is 15.1. The van der Waals surface area contributed by atoms with E-state index in [1.807, 2.05) is 0 Å². The summed E-state index contributed by atoms with van der Waals surface area (Å²) >= 11 is 0. The smallest absolute Gasteiger partial charge is 0.00698 e. The Kier molecular flexibility index (Phi) is 5.67. The van der Waals surface area contributed by atoms with Gasteiger partial charge in [0.2, 0.25) is 0 Å². The first-order valence-electron chi connectivity index (χ1n) is 7.76. The van der Waals surface area contributed by atoms with E-state index in [2.05, 4.69) is 46.6 Å². The lowest BCUT2D eigenvalue weighted by Crippen LogP contribution is -2.50. The van der Waals surface area contributed by atoms with Crippen LogP contribution >= 0.6 is 0 Å². The van der Waals surface area contributed by atoms with Gasteiger partial charge >= 0.3 is 0 Å². The highest BCUT2D eigenvalue weighted by molar-refractivity contribution is 4.94. The summed E-state index contributed by atoms with van der Waals surface area (Å²) in [4.78, 5) is 2.56. The molecule has 0 aromatic carbocycles. The number of hydrogen-bond donors (Lipinski definition) is 1. The van der Waals surface area contributed by atoms with Gasteiger partial charge in [-0.1, -0.05) is 34.1 Å². The Morgan fingerprint density at radius 1 is 1.33 bits per heavy atom. The maximum atomic E-state index is 6.24. The third kappa shape index (κ3) is 3.48. The summed E-state index contributed by atoms with van der Waals surface area (Å²) in [5, 5.41) is 0. The van der Waals surface area contributed by atoms with Gasteiger partial charge in [-0.25, -0.2) is 0 Å². The van der Waals surface area contributed by atoms with Crippen LogP contribution in [0.15, 0.2) is 0 Å². The van der Waals surface area contributed by atoms with Crippen molar-refractivity contribution in [3.63, 3.8) is 0 Å². The first-order chi connectivity index (χ1) is 8.30. The van der Waals surface area contributed by atoms with Crippen molar-refractivity contribution in [1.82, 2.24) is 4.90 Å². The maximum Gasteiger partial charge on any atom is 0.00698 e. The molecule has 4 atom stereocenters. The minimum Gasteiger partial charge on any atom is -0.327 e. The number of hydrogen-bond acceptors (Lipinski definition) is 2. The van der Waals surface area contributed by atoms with Crippen molar-refractivity contribution in [3.05, 3.63) is 0 Å². The third-order valence-corrected chi connectivity index (χ3v) is 5.68. The van der Waals surface area contributed by atoms with Gasteiger partial charge in [-0.3, -0.25) is 0 Å². The van der Waals surface area contributed by atoms with E-state index in [1.54, 1.807) is 0 Å². The Hall–Kier alpha value is -0.0800. The zero-order valence-electron chi connectivity index (χ0n) is 13.4. The lowest BCUT2D eigenvalue weighted by atomic mass is 9.61. The fourth-order valence-electron chi connectivity index (χ4n) is 3.43. The topological polar surface area (TPSA) is 29.3 Å². The van der Waals surface area contributed by atoms with E-state index in [1.165, 1.54) is 32.2 Å². The van der Waals surface area contributed by atoms with Gasteiger partial charge in [0.1, 0.15) is 0 Å². The summed E-state index contributed by atoms with van der Waals surface area (Å²) in [7, 11) is 2.29. The molecule has 0 bridgehead atoms. The zero-order valence-corrected chi connectivity index (χ0v) is 13.4. The Labute approximate surface area is 114 Å². The second-order valence-electron chi connectivity index (χ2n) is 7.13. The number of nitrogens with two attached hydrogens (primary N) is 1. The Bertz CT molecular complexity index is 249. The van der Waals surface area contributed by atoms with E-state index in [4.69, 9.17) is 5.73 Å². The standard InChI is InChI=1S/C16H34N2/c1-7-8-12(2)18(6)11-14-9-10-15(17)13(3)16(14,4)5/h12-15H,7-11,17H2,1-6H3. The molecule has 0 saturated heterocycles. The summed E-state index contributed by atoms with van der Waals surface area (Å²) in [5.41, 5.74) is 6.61. The quantitative estimate of drug-likeness (QED) is 0.813. The molecule has 0 aromatic heterocycles. The molecular formula is C16H34N2. The lowest BCUT2D eigenvalue weighted by molar-refractivity contribution is 0.0262. The molecule has 108 valence electrons. The van der Waals surface area contributed by atoms with E-state index in [0.29, 0.717) is 23.4 Å². The van der Waals surface area contributed by atoms with Crippen LogP contribution in [0.5, 0.6) is 0 Å². The van der Waals surface area contributed by atoms with Crippen molar-refractivity contribution in [1.29, 1.82) is 0 Å². The van der Waals surface area contributed by atoms with Gasteiger partial charge < -0.3 is 10.6 Å². The summed E-state index contributed by atoms with van der Waals surface area (Å²) in [6.45, 7) is 13.0. The SMILES string of the molecule is CCCC(C)N(C)CC1CCC(N)C(C)C1(C)C. The van der Waals surface area contributed by atoms with Crippen molar-refractivity contribution >= 4 is 0 Å². The van der Waals surface area contributed by atoms with Crippen LogP contribution in [0.2, 0.25) is 0 Å². The number of nitrogens with zero attached hydrogens (tertiary/aromatic N) is 1. The lowest BCUT2D eigenvalue weighted by Gasteiger charge is -2.48. The number of rotatable bonds is 5. The van der Waals surface area contributed by atoms with Crippen LogP contribution < -0.4 is 5.73 Å². The first-order valence-corrected chi connectivity index (χ1v) is 7.76. The van der Waals surface area contributed by atoms with E-state index in [0.717, 1.165) is 5.92 Å². The van der Waals surface area contributed by atoms with E-state index in [-0.39, 0.29) is 0 Å². The van der Waals surface area contributed by atoms with Gasteiger partial charge in [-0.15, -0.1) is 0 Å². The van der Waals surface area contributed by atoms with Crippen LogP contribution in [-0.2, 0) is 0 Å². The van der Waals surface area contributed by atoms with E-state index in [9.17, 15) is 0 Å². The normalized spacial score (nSPS) is 33.7. The molecular weight excluding hydrogens is 220 g/mol. The van der Waals surface area contributed by atoms with Gasteiger partial charge in [-0.05, 0) is 50.5 Å². The molecule has 0 aliphatic heterocycles. The highest BCUT2D eigenvalue weighted by Crippen LogP contribution is 2.44. The van der Waals surface area contributed by atoms with Gasteiger partial charge in [0.15, 0.2) is 0 Å². The van der Waals surface area contributed by atoms with Crippen LogP contribution in [-0.4, -0.2) is 30.6 Å². The molecule has 2 N–H and O–H groups in total. The van der Waals surface area contributed by atoms with E-state index >= 15 is 0 Å². The van der Waals surface area contributed by atoms with Crippen molar-refractivity contribution < 1.29 is 0 Å². The van der Waals surface area contributed by atoms with Crippen molar-refractivity contribution in [2.24, 2.45) is 23.0 Å².